The van der Waals surface area contributed by atoms with Crippen molar-refractivity contribution in [3.05, 3.63) is 75.3 Å². The summed E-state index contributed by atoms with van der Waals surface area (Å²) in [5.41, 5.74) is 2.10. The Morgan fingerprint density at radius 1 is 1.03 bits per heavy atom. The van der Waals surface area contributed by atoms with E-state index in [4.69, 9.17) is 0 Å². The number of allylic oxidation sites excluding steroid dienone is 6. The highest BCUT2D eigenvalue weighted by atomic mass is 79.9. The molecule has 2 aromatic rings. The number of rotatable bonds is 3. The molecule has 1 N–H and O–H groups in total. The summed E-state index contributed by atoms with van der Waals surface area (Å²) >= 11 is 3.24. The van der Waals surface area contributed by atoms with Crippen LogP contribution in [0.4, 0.5) is 0 Å². The van der Waals surface area contributed by atoms with Gasteiger partial charge in [0.25, 0.3) is 0 Å². The van der Waals surface area contributed by atoms with Gasteiger partial charge in [-0.3, -0.25) is 24.1 Å². The molecule has 2 amide bonds. The number of ketones is 2. The van der Waals surface area contributed by atoms with Crippen molar-refractivity contribution in [3.63, 3.8) is 0 Å². The van der Waals surface area contributed by atoms with E-state index < -0.39 is 23.7 Å². The lowest BCUT2D eigenvalue weighted by atomic mass is 9.59. The Kier molecular flexibility index (Phi) is 5.37. The number of aromatic hydroxyl groups is 1. The molecule has 1 saturated heterocycles. The second kappa shape index (κ2) is 8.37. The lowest BCUT2D eigenvalue weighted by Gasteiger charge is -2.42. The number of Topliss-reactive ketones (excluding diaryl/α,β-unsaturated/α-hetero) is 1. The van der Waals surface area contributed by atoms with Gasteiger partial charge in [-0.25, -0.2) is 0 Å². The highest BCUT2D eigenvalue weighted by Crippen LogP contribution is 2.56. The molecule has 6 nitrogen and oxygen atoms in total. The van der Waals surface area contributed by atoms with Crippen molar-refractivity contribution in [2.45, 2.75) is 32.1 Å². The first kappa shape index (κ1) is 23.1. The fraction of sp³-hybridized carbons (Fsp3) is 0.310. The quantitative estimate of drug-likeness (QED) is 0.342. The summed E-state index contributed by atoms with van der Waals surface area (Å²) in [6.07, 6.45) is 4.57. The van der Waals surface area contributed by atoms with Crippen molar-refractivity contribution in [1.82, 2.24) is 4.90 Å². The molecule has 1 aliphatic heterocycles. The van der Waals surface area contributed by atoms with Crippen LogP contribution in [-0.2, 0) is 19.2 Å². The molecule has 4 unspecified atom stereocenters. The number of nitrogens with zero attached hydrogens (tertiary/aromatic N) is 1. The largest absolute Gasteiger partial charge is 0.507 e. The minimum absolute atomic E-state index is 0.0592. The molecule has 1 heterocycles. The number of amides is 2. The number of benzene rings is 2. The molecule has 7 heteroatoms. The summed E-state index contributed by atoms with van der Waals surface area (Å²) in [6.45, 7) is 2.31. The van der Waals surface area contributed by atoms with Crippen molar-refractivity contribution in [1.29, 1.82) is 0 Å². The Labute approximate surface area is 216 Å². The fourth-order valence-corrected chi connectivity index (χ4v) is 7.02. The van der Waals surface area contributed by atoms with Crippen LogP contribution in [0.5, 0.6) is 5.75 Å². The van der Waals surface area contributed by atoms with E-state index in [0.717, 1.165) is 11.0 Å². The van der Waals surface area contributed by atoms with Gasteiger partial charge in [0.05, 0.1) is 16.3 Å². The summed E-state index contributed by atoms with van der Waals surface area (Å²) in [6, 6.07) is 11.1. The van der Waals surface area contributed by atoms with E-state index in [1.807, 2.05) is 43.3 Å². The minimum atomic E-state index is -0.666. The molecular formula is C29H24BrNO5. The van der Waals surface area contributed by atoms with E-state index in [-0.39, 0.29) is 40.0 Å². The number of phenolic OH excluding ortho intramolecular Hbond substituents is 1. The van der Waals surface area contributed by atoms with Gasteiger partial charge in [0, 0.05) is 40.6 Å². The van der Waals surface area contributed by atoms with Crippen molar-refractivity contribution in [2.75, 3.05) is 6.54 Å². The monoisotopic (exact) mass is 545 g/mol. The summed E-state index contributed by atoms with van der Waals surface area (Å²) < 4.78 is 0.189. The van der Waals surface area contributed by atoms with Crippen LogP contribution < -0.4 is 0 Å². The van der Waals surface area contributed by atoms with Gasteiger partial charge in [-0.1, -0.05) is 55.0 Å². The van der Waals surface area contributed by atoms with Gasteiger partial charge >= 0.3 is 0 Å². The summed E-state index contributed by atoms with van der Waals surface area (Å²) in [7, 11) is 0. The van der Waals surface area contributed by atoms with Gasteiger partial charge in [0.2, 0.25) is 11.8 Å². The Hall–Kier alpha value is -3.32. The molecule has 36 heavy (non-hydrogen) atoms. The number of halogens is 1. The van der Waals surface area contributed by atoms with E-state index in [0.29, 0.717) is 41.5 Å². The molecule has 0 radical (unpaired) electrons. The first-order valence-electron chi connectivity index (χ1n) is 12.3. The lowest BCUT2D eigenvalue weighted by Crippen LogP contribution is -2.39. The molecule has 182 valence electrons. The smallest absolute Gasteiger partial charge is 0.233 e. The first-order chi connectivity index (χ1) is 17.3. The molecule has 2 aromatic carbocycles. The predicted octanol–water partition coefficient (Wildman–Crippen LogP) is 4.72. The third kappa shape index (κ3) is 3.15. The number of phenols is 1. The van der Waals surface area contributed by atoms with Crippen LogP contribution >= 0.6 is 15.9 Å². The minimum Gasteiger partial charge on any atom is -0.507 e. The zero-order chi connectivity index (χ0) is 25.3. The van der Waals surface area contributed by atoms with Crippen LogP contribution in [0.3, 0.4) is 0 Å². The normalized spacial score (nSPS) is 27.7. The number of hydrogen-bond donors (Lipinski definition) is 1. The lowest BCUT2D eigenvalue weighted by molar-refractivity contribution is -0.140. The molecule has 6 rings (SSSR count). The van der Waals surface area contributed by atoms with Gasteiger partial charge in [-0.05, 0) is 46.5 Å². The van der Waals surface area contributed by atoms with E-state index in [1.54, 1.807) is 6.07 Å². The van der Waals surface area contributed by atoms with Gasteiger partial charge < -0.3 is 5.11 Å². The molecule has 0 bridgehead atoms. The van der Waals surface area contributed by atoms with E-state index in [9.17, 15) is 24.3 Å². The topological polar surface area (TPSA) is 91.8 Å². The predicted molar refractivity (Wildman–Crippen MR) is 137 cm³/mol. The average molecular weight is 546 g/mol. The summed E-state index contributed by atoms with van der Waals surface area (Å²) in [5, 5.41) is 12.9. The number of fused-ring (bicyclic) bond motifs is 4. The average Bonchev–Trinajstić information content (AvgIpc) is 3.12. The zero-order valence-electron chi connectivity index (χ0n) is 19.7. The standard InChI is InChI=1S/C29H24BrNO5/c1-2-11-31-28(35)18-10-9-16-19(24(18)29(31)36)12-20-25(22(32)13-21(30)27(20)34)23(16)17-8-7-14-5-3-4-6-15(14)26(17)33/h3-9,13,18-19,23-24,33H,2,10-12H2,1H3. The van der Waals surface area contributed by atoms with Crippen LogP contribution in [0, 0.1) is 17.8 Å². The van der Waals surface area contributed by atoms with Crippen LogP contribution in [0.15, 0.2) is 69.8 Å². The Bertz CT molecular complexity index is 1480. The Balaban J connectivity index is 1.56. The number of carbonyl (C=O) groups excluding carboxylic acids is 4. The zero-order valence-corrected chi connectivity index (χ0v) is 21.2. The third-order valence-corrected chi connectivity index (χ3v) is 8.70. The maximum Gasteiger partial charge on any atom is 0.233 e. The molecule has 4 aliphatic rings. The number of hydrogen-bond acceptors (Lipinski definition) is 5. The van der Waals surface area contributed by atoms with Crippen LogP contribution in [-0.4, -0.2) is 39.9 Å². The molecule has 0 spiro atoms. The van der Waals surface area contributed by atoms with E-state index in [1.165, 1.54) is 11.0 Å². The molecule has 3 aliphatic carbocycles. The van der Waals surface area contributed by atoms with Gasteiger partial charge in [-0.15, -0.1) is 0 Å². The molecule has 4 atom stereocenters. The second-order valence-corrected chi connectivity index (χ2v) is 10.8. The van der Waals surface area contributed by atoms with E-state index in [2.05, 4.69) is 15.9 Å². The van der Waals surface area contributed by atoms with Gasteiger partial charge in [0.15, 0.2) is 11.6 Å². The van der Waals surface area contributed by atoms with Crippen LogP contribution in [0.2, 0.25) is 0 Å². The number of carbonyl (C=O) groups is 4. The van der Waals surface area contributed by atoms with Crippen LogP contribution in [0.25, 0.3) is 10.8 Å². The second-order valence-electron chi connectivity index (χ2n) is 9.95. The maximum atomic E-state index is 13.5. The van der Waals surface area contributed by atoms with Crippen molar-refractivity contribution in [2.24, 2.45) is 17.8 Å². The summed E-state index contributed by atoms with van der Waals surface area (Å²) in [5.74, 6) is -2.95. The van der Waals surface area contributed by atoms with Crippen molar-refractivity contribution >= 4 is 50.1 Å². The SMILES string of the molecule is CCCN1C(=O)C2CC=C3C(c4ccc5ccccc5c4O)C4=C(CC3C2C1=O)C(=O)C(Br)=CC4=O. The highest BCUT2D eigenvalue weighted by Gasteiger charge is 2.56. The molecule has 0 aromatic heterocycles. The van der Waals surface area contributed by atoms with Gasteiger partial charge in [-0.2, -0.15) is 0 Å². The van der Waals surface area contributed by atoms with Gasteiger partial charge in [0.1, 0.15) is 5.75 Å². The fourth-order valence-electron chi connectivity index (χ4n) is 6.58. The summed E-state index contributed by atoms with van der Waals surface area (Å²) in [4.78, 5) is 54.6. The molecule has 0 saturated carbocycles. The Morgan fingerprint density at radius 3 is 2.58 bits per heavy atom. The number of likely N-dealkylation sites (tertiary alicyclic amines) is 1. The Morgan fingerprint density at radius 2 is 1.81 bits per heavy atom. The van der Waals surface area contributed by atoms with E-state index >= 15 is 0 Å². The number of imide groups is 1. The van der Waals surface area contributed by atoms with Crippen molar-refractivity contribution in [3.8, 4) is 5.75 Å². The first-order valence-corrected chi connectivity index (χ1v) is 13.1. The van der Waals surface area contributed by atoms with Crippen LogP contribution in [0.1, 0.15) is 37.7 Å². The van der Waals surface area contributed by atoms with Crippen molar-refractivity contribution < 1.29 is 24.3 Å². The highest BCUT2D eigenvalue weighted by molar-refractivity contribution is 9.12. The maximum absolute atomic E-state index is 13.5. The third-order valence-electron chi connectivity index (χ3n) is 8.11. The molecule has 1 fully saturated rings. The molecular weight excluding hydrogens is 522 g/mol.